The van der Waals surface area contributed by atoms with Crippen molar-refractivity contribution in [2.45, 2.75) is 81.6 Å². The number of nitrogens with one attached hydrogen (secondary N) is 1. The fourth-order valence-corrected chi connectivity index (χ4v) is 5.23. The van der Waals surface area contributed by atoms with Crippen LogP contribution in [-0.2, 0) is 0 Å². The van der Waals surface area contributed by atoms with Crippen LogP contribution in [-0.4, -0.2) is 60.1 Å². The molecule has 0 aromatic carbocycles. The fourth-order valence-electron chi connectivity index (χ4n) is 5.23. The molecule has 4 saturated heterocycles. The van der Waals surface area contributed by atoms with Gasteiger partial charge in [0.25, 0.3) is 0 Å². The molecule has 4 unspecified atom stereocenters. The van der Waals surface area contributed by atoms with Gasteiger partial charge in [0.2, 0.25) is 0 Å². The summed E-state index contributed by atoms with van der Waals surface area (Å²) >= 11 is 0. The van der Waals surface area contributed by atoms with Gasteiger partial charge in [0.1, 0.15) is 0 Å². The third kappa shape index (κ3) is 2.34. The van der Waals surface area contributed by atoms with E-state index in [1.807, 2.05) is 0 Å². The molecule has 0 spiro atoms. The third-order valence-corrected chi connectivity index (χ3v) is 6.39. The van der Waals surface area contributed by atoms with Crippen LogP contribution in [0.2, 0.25) is 0 Å². The summed E-state index contributed by atoms with van der Waals surface area (Å²) in [6.45, 7) is 2.73. The number of rotatable bonds is 2. The summed E-state index contributed by atoms with van der Waals surface area (Å²) in [5, 5.41) is 3.78. The summed E-state index contributed by atoms with van der Waals surface area (Å²) in [5.74, 6) is 0. The average molecular weight is 263 g/mol. The van der Waals surface area contributed by atoms with Gasteiger partial charge in [-0.15, -0.1) is 0 Å². The molecule has 0 aromatic heterocycles. The van der Waals surface area contributed by atoms with Crippen LogP contribution in [0.15, 0.2) is 0 Å². The van der Waals surface area contributed by atoms with Crippen LogP contribution in [0.4, 0.5) is 0 Å². The minimum atomic E-state index is 0.831. The minimum absolute atomic E-state index is 0.831. The molecule has 3 nitrogen and oxygen atoms in total. The Hall–Kier alpha value is -0.120. The first kappa shape index (κ1) is 12.6. The molecule has 108 valence electrons. The van der Waals surface area contributed by atoms with Crippen molar-refractivity contribution in [2.24, 2.45) is 0 Å². The topological polar surface area (TPSA) is 18.5 Å². The molecule has 4 atom stereocenters. The largest absolute Gasteiger partial charge is 0.311 e. The Morgan fingerprint density at radius 1 is 0.895 bits per heavy atom. The molecule has 4 aliphatic rings. The highest BCUT2D eigenvalue weighted by Gasteiger charge is 2.39. The summed E-state index contributed by atoms with van der Waals surface area (Å²) < 4.78 is 0. The van der Waals surface area contributed by atoms with Gasteiger partial charge in [-0.25, -0.2) is 0 Å². The summed E-state index contributed by atoms with van der Waals surface area (Å²) in [7, 11) is 2.42. The van der Waals surface area contributed by atoms with Crippen molar-refractivity contribution in [1.29, 1.82) is 0 Å². The summed E-state index contributed by atoms with van der Waals surface area (Å²) in [4.78, 5) is 5.53. The Kier molecular flexibility index (Phi) is 3.33. The molecular formula is C16H29N3. The van der Waals surface area contributed by atoms with Gasteiger partial charge in [-0.05, 0) is 71.5 Å². The van der Waals surface area contributed by atoms with Gasteiger partial charge in [0.15, 0.2) is 0 Å². The van der Waals surface area contributed by atoms with Crippen LogP contribution in [0.3, 0.4) is 0 Å². The van der Waals surface area contributed by atoms with E-state index in [0.717, 1.165) is 30.2 Å². The minimum Gasteiger partial charge on any atom is -0.311 e. The summed E-state index contributed by atoms with van der Waals surface area (Å²) in [6, 6.07) is 4.30. The van der Waals surface area contributed by atoms with Gasteiger partial charge < -0.3 is 15.1 Å². The Bertz CT molecular complexity index is 320. The van der Waals surface area contributed by atoms with Gasteiger partial charge in [-0.1, -0.05) is 0 Å². The van der Waals surface area contributed by atoms with Crippen LogP contribution in [0.1, 0.15) is 51.4 Å². The lowest BCUT2D eigenvalue weighted by Gasteiger charge is -2.44. The zero-order chi connectivity index (χ0) is 12.8. The molecule has 4 heterocycles. The first-order valence-corrected chi connectivity index (χ1v) is 8.51. The molecule has 0 saturated carbocycles. The van der Waals surface area contributed by atoms with E-state index in [4.69, 9.17) is 0 Å². The normalized spacial score (nSPS) is 46.7. The summed E-state index contributed by atoms with van der Waals surface area (Å²) in [6.07, 6.45) is 11.4. The zero-order valence-corrected chi connectivity index (χ0v) is 12.4. The van der Waals surface area contributed by atoms with Gasteiger partial charge in [0, 0.05) is 30.2 Å². The number of nitrogens with zero attached hydrogens (tertiary/aromatic N) is 2. The molecule has 19 heavy (non-hydrogen) atoms. The molecular weight excluding hydrogens is 234 g/mol. The molecule has 4 fully saturated rings. The maximum absolute atomic E-state index is 3.78. The van der Waals surface area contributed by atoms with Gasteiger partial charge in [-0.2, -0.15) is 0 Å². The van der Waals surface area contributed by atoms with Crippen LogP contribution in [0.25, 0.3) is 0 Å². The SMILES string of the molecule is CN(C1CC2CCC(C1)N2)C1CCN2CCCC2C1. The molecule has 4 aliphatic heterocycles. The number of fused-ring (bicyclic) bond motifs is 3. The molecule has 0 radical (unpaired) electrons. The maximum atomic E-state index is 3.78. The van der Waals surface area contributed by atoms with E-state index in [1.54, 1.807) is 0 Å². The smallest absolute Gasteiger partial charge is 0.0125 e. The lowest BCUT2D eigenvalue weighted by molar-refractivity contribution is 0.0593. The Morgan fingerprint density at radius 3 is 2.47 bits per heavy atom. The molecule has 2 bridgehead atoms. The van der Waals surface area contributed by atoms with Gasteiger partial charge in [-0.3, -0.25) is 0 Å². The molecule has 4 rings (SSSR count). The Labute approximate surface area is 117 Å². The lowest BCUT2D eigenvalue weighted by Crippen LogP contribution is -2.53. The highest BCUT2D eigenvalue weighted by atomic mass is 15.2. The maximum Gasteiger partial charge on any atom is 0.0125 e. The number of hydrogen-bond acceptors (Lipinski definition) is 3. The van der Waals surface area contributed by atoms with Crippen molar-refractivity contribution in [3.05, 3.63) is 0 Å². The second-order valence-electron chi connectivity index (χ2n) is 7.44. The first-order chi connectivity index (χ1) is 9.29. The molecule has 3 heteroatoms. The van der Waals surface area contributed by atoms with E-state index in [-0.39, 0.29) is 0 Å². The predicted molar refractivity (Wildman–Crippen MR) is 78.3 cm³/mol. The fraction of sp³-hybridized carbons (Fsp3) is 1.00. The highest BCUT2D eigenvalue weighted by molar-refractivity contribution is 4.98. The van der Waals surface area contributed by atoms with Crippen molar-refractivity contribution in [1.82, 2.24) is 15.1 Å². The third-order valence-electron chi connectivity index (χ3n) is 6.39. The van der Waals surface area contributed by atoms with Crippen molar-refractivity contribution in [2.75, 3.05) is 20.1 Å². The zero-order valence-electron chi connectivity index (χ0n) is 12.4. The number of piperidine rings is 2. The van der Waals surface area contributed by atoms with Crippen molar-refractivity contribution < 1.29 is 0 Å². The van der Waals surface area contributed by atoms with Crippen LogP contribution < -0.4 is 5.32 Å². The number of hydrogen-bond donors (Lipinski definition) is 1. The first-order valence-electron chi connectivity index (χ1n) is 8.51. The van der Waals surface area contributed by atoms with Crippen molar-refractivity contribution in [3.63, 3.8) is 0 Å². The van der Waals surface area contributed by atoms with Crippen LogP contribution in [0.5, 0.6) is 0 Å². The lowest BCUT2D eigenvalue weighted by atomic mass is 9.92. The van der Waals surface area contributed by atoms with E-state index in [1.165, 1.54) is 64.5 Å². The van der Waals surface area contributed by atoms with E-state index >= 15 is 0 Å². The molecule has 1 N–H and O–H groups in total. The Morgan fingerprint density at radius 2 is 1.68 bits per heavy atom. The monoisotopic (exact) mass is 263 g/mol. The quantitative estimate of drug-likeness (QED) is 0.820. The molecule has 0 amide bonds. The van der Waals surface area contributed by atoms with Gasteiger partial charge in [0.05, 0.1) is 0 Å². The molecule has 0 aliphatic carbocycles. The standard InChI is InChI=1S/C16H29N3/c1-18(16-9-12-4-5-13(10-16)17-12)14-6-8-19-7-2-3-15(19)11-14/h12-17H,2-11H2,1H3. The Balaban J connectivity index is 1.39. The average Bonchev–Trinajstić information content (AvgIpc) is 3.03. The van der Waals surface area contributed by atoms with Gasteiger partial charge >= 0.3 is 0 Å². The molecule has 0 aromatic rings. The van der Waals surface area contributed by atoms with E-state index < -0.39 is 0 Å². The van der Waals surface area contributed by atoms with E-state index in [2.05, 4.69) is 22.2 Å². The second kappa shape index (κ2) is 5.01. The van der Waals surface area contributed by atoms with E-state index in [0.29, 0.717) is 0 Å². The van der Waals surface area contributed by atoms with E-state index in [9.17, 15) is 0 Å². The second-order valence-corrected chi connectivity index (χ2v) is 7.44. The van der Waals surface area contributed by atoms with Crippen LogP contribution in [0, 0.1) is 0 Å². The van der Waals surface area contributed by atoms with Crippen molar-refractivity contribution >= 4 is 0 Å². The van der Waals surface area contributed by atoms with Crippen LogP contribution >= 0.6 is 0 Å². The van der Waals surface area contributed by atoms with Crippen molar-refractivity contribution in [3.8, 4) is 0 Å². The summed E-state index contributed by atoms with van der Waals surface area (Å²) in [5.41, 5.74) is 0. The highest BCUT2D eigenvalue weighted by Crippen LogP contribution is 2.34. The predicted octanol–water partition coefficient (Wildman–Crippen LogP) is 1.83.